The molecule has 6 heteroatoms. The molecular weight excluding hydrogens is 256 g/mol. The molecule has 0 aromatic carbocycles. The van der Waals surface area contributed by atoms with Crippen LogP contribution in [0.2, 0.25) is 0 Å². The summed E-state index contributed by atoms with van der Waals surface area (Å²) in [6.07, 6.45) is 3.73. The van der Waals surface area contributed by atoms with Crippen LogP contribution < -0.4 is 10.2 Å². The van der Waals surface area contributed by atoms with Crippen molar-refractivity contribution in [3.63, 3.8) is 0 Å². The molecule has 0 saturated heterocycles. The minimum atomic E-state index is 0.260. The van der Waals surface area contributed by atoms with Crippen LogP contribution in [0.3, 0.4) is 0 Å². The smallest absolute Gasteiger partial charge is 0.225 e. The maximum atomic E-state index is 5.19. The van der Waals surface area contributed by atoms with Crippen molar-refractivity contribution in [2.24, 2.45) is 0 Å². The second kappa shape index (κ2) is 9.63. The number of hydrogen-bond acceptors (Lipinski definition) is 6. The number of methoxy groups -OCH3 is 2. The lowest BCUT2D eigenvalue weighted by Gasteiger charge is -2.27. The summed E-state index contributed by atoms with van der Waals surface area (Å²) in [5.41, 5.74) is 1.07. The standard InChI is InChI=1S/C14H26N4O2/c1-5-18(12(2)11-20-4)14-16-9-13(10-17-14)8-15-6-7-19-3/h9-10,12,15H,5-8,11H2,1-4H3. The Morgan fingerprint density at radius 2 is 1.95 bits per heavy atom. The van der Waals surface area contributed by atoms with Gasteiger partial charge in [0, 0.05) is 51.8 Å². The van der Waals surface area contributed by atoms with Gasteiger partial charge in [-0.25, -0.2) is 9.97 Å². The summed E-state index contributed by atoms with van der Waals surface area (Å²) in [5, 5.41) is 3.27. The van der Waals surface area contributed by atoms with Crippen LogP contribution in [-0.2, 0) is 16.0 Å². The highest BCUT2D eigenvalue weighted by atomic mass is 16.5. The molecule has 0 aliphatic heterocycles. The van der Waals surface area contributed by atoms with Crippen LogP contribution in [0.15, 0.2) is 12.4 Å². The van der Waals surface area contributed by atoms with Gasteiger partial charge < -0.3 is 19.7 Å². The van der Waals surface area contributed by atoms with Gasteiger partial charge in [0.15, 0.2) is 0 Å². The van der Waals surface area contributed by atoms with Gasteiger partial charge in [-0.3, -0.25) is 0 Å². The van der Waals surface area contributed by atoms with Gasteiger partial charge in [0.2, 0.25) is 5.95 Å². The third kappa shape index (κ3) is 5.40. The zero-order chi connectivity index (χ0) is 14.8. The Morgan fingerprint density at radius 1 is 1.25 bits per heavy atom. The molecule has 1 rings (SSSR count). The molecule has 1 heterocycles. The Morgan fingerprint density at radius 3 is 2.50 bits per heavy atom. The average molecular weight is 282 g/mol. The third-order valence-electron chi connectivity index (χ3n) is 3.04. The number of ether oxygens (including phenoxy) is 2. The monoisotopic (exact) mass is 282 g/mol. The van der Waals surface area contributed by atoms with Crippen molar-refractivity contribution in [2.75, 3.05) is 45.4 Å². The van der Waals surface area contributed by atoms with Crippen LogP contribution in [0, 0.1) is 0 Å². The van der Waals surface area contributed by atoms with Crippen LogP contribution in [0.4, 0.5) is 5.95 Å². The summed E-state index contributed by atoms with van der Waals surface area (Å²) in [4.78, 5) is 11.0. The largest absolute Gasteiger partial charge is 0.383 e. The number of nitrogens with one attached hydrogen (secondary N) is 1. The number of anilines is 1. The predicted molar refractivity (Wildman–Crippen MR) is 80.0 cm³/mol. The third-order valence-corrected chi connectivity index (χ3v) is 3.04. The highest BCUT2D eigenvalue weighted by Crippen LogP contribution is 2.11. The first kappa shape index (κ1) is 16.8. The molecule has 0 radical (unpaired) electrons. The fraction of sp³-hybridized carbons (Fsp3) is 0.714. The van der Waals surface area contributed by atoms with E-state index < -0.39 is 0 Å². The van der Waals surface area contributed by atoms with Gasteiger partial charge in [0.25, 0.3) is 0 Å². The first-order chi connectivity index (χ1) is 9.72. The Balaban J connectivity index is 2.55. The van der Waals surface area contributed by atoms with Crippen molar-refractivity contribution in [3.8, 4) is 0 Å². The predicted octanol–water partition coefficient (Wildman–Crippen LogP) is 1.07. The second-order valence-electron chi connectivity index (χ2n) is 4.65. The maximum absolute atomic E-state index is 5.19. The molecule has 0 aliphatic rings. The van der Waals surface area contributed by atoms with E-state index in [1.54, 1.807) is 14.2 Å². The normalized spacial score (nSPS) is 12.4. The summed E-state index contributed by atoms with van der Waals surface area (Å²) in [7, 11) is 3.40. The van der Waals surface area contributed by atoms with E-state index in [4.69, 9.17) is 9.47 Å². The second-order valence-corrected chi connectivity index (χ2v) is 4.65. The molecular formula is C14H26N4O2. The minimum absolute atomic E-state index is 0.260. The summed E-state index contributed by atoms with van der Waals surface area (Å²) in [6, 6.07) is 0.260. The van der Waals surface area contributed by atoms with Crippen molar-refractivity contribution in [2.45, 2.75) is 26.4 Å². The Hall–Kier alpha value is -1.24. The van der Waals surface area contributed by atoms with Gasteiger partial charge in [0.05, 0.1) is 19.3 Å². The molecule has 0 bridgehead atoms. The van der Waals surface area contributed by atoms with E-state index in [1.807, 2.05) is 12.4 Å². The molecule has 1 N–H and O–H groups in total. The van der Waals surface area contributed by atoms with Crippen LogP contribution in [0.1, 0.15) is 19.4 Å². The van der Waals surface area contributed by atoms with E-state index in [0.29, 0.717) is 13.2 Å². The van der Waals surface area contributed by atoms with E-state index in [2.05, 4.69) is 34.0 Å². The highest BCUT2D eigenvalue weighted by molar-refractivity contribution is 5.31. The Labute approximate surface area is 121 Å². The molecule has 0 saturated carbocycles. The fourth-order valence-corrected chi connectivity index (χ4v) is 1.98. The molecule has 1 aromatic heterocycles. The summed E-state index contributed by atoms with van der Waals surface area (Å²) in [5.74, 6) is 0.748. The summed E-state index contributed by atoms with van der Waals surface area (Å²) >= 11 is 0. The van der Waals surface area contributed by atoms with Crippen LogP contribution >= 0.6 is 0 Å². The van der Waals surface area contributed by atoms with E-state index in [0.717, 1.165) is 31.1 Å². The maximum Gasteiger partial charge on any atom is 0.225 e. The van der Waals surface area contributed by atoms with Gasteiger partial charge >= 0.3 is 0 Å². The molecule has 1 unspecified atom stereocenters. The zero-order valence-corrected chi connectivity index (χ0v) is 12.9. The number of likely N-dealkylation sites (N-methyl/N-ethyl adjacent to an activating group) is 1. The van der Waals surface area contributed by atoms with Crippen LogP contribution in [-0.4, -0.2) is 56.5 Å². The highest BCUT2D eigenvalue weighted by Gasteiger charge is 2.14. The first-order valence-corrected chi connectivity index (χ1v) is 6.99. The molecule has 20 heavy (non-hydrogen) atoms. The van der Waals surface area contributed by atoms with Crippen molar-refractivity contribution in [3.05, 3.63) is 18.0 Å². The van der Waals surface area contributed by atoms with Crippen molar-refractivity contribution < 1.29 is 9.47 Å². The number of hydrogen-bond donors (Lipinski definition) is 1. The number of rotatable bonds is 10. The fourth-order valence-electron chi connectivity index (χ4n) is 1.98. The van der Waals surface area contributed by atoms with Crippen molar-refractivity contribution in [1.82, 2.24) is 15.3 Å². The van der Waals surface area contributed by atoms with Crippen molar-refractivity contribution >= 4 is 5.95 Å². The van der Waals surface area contributed by atoms with E-state index in [9.17, 15) is 0 Å². The van der Waals surface area contributed by atoms with E-state index >= 15 is 0 Å². The average Bonchev–Trinajstić information content (AvgIpc) is 2.46. The van der Waals surface area contributed by atoms with Crippen LogP contribution in [0.5, 0.6) is 0 Å². The van der Waals surface area contributed by atoms with E-state index in [1.165, 1.54) is 0 Å². The lowest BCUT2D eigenvalue weighted by molar-refractivity contribution is 0.181. The lowest BCUT2D eigenvalue weighted by atomic mass is 10.3. The Kier molecular flexibility index (Phi) is 8.10. The van der Waals surface area contributed by atoms with Gasteiger partial charge in [-0.05, 0) is 13.8 Å². The minimum Gasteiger partial charge on any atom is -0.383 e. The quantitative estimate of drug-likeness (QED) is 0.648. The lowest BCUT2D eigenvalue weighted by Crippen LogP contribution is -2.37. The molecule has 1 atom stereocenters. The molecule has 0 spiro atoms. The number of nitrogens with zero attached hydrogens (tertiary/aromatic N) is 3. The molecule has 0 amide bonds. The summed E-state index contributed by atoms with van der Waals surface area (Å²) in [6.45, 7) is 8.00. The summed E-state index contributed by atoms with van der Waals surface area (Å²) < 4.78 is 10.2. The number of aromatic nitrogens is 2. The van der Waals surface area contributed by atoms with Gasteiger partial charge in [-0.1, -0.05) is 0 Å². The molecule has 6 nitrogen and oxygen atoms in total. The van der Waals surface area contributed by atoms with E-state index in [-0.39, 0.29) is 6.04 Å². The van der Waals surface area contributed by atoms with Gasteiger partial charge in [-0.15, -0.1) is 0 Å². The molecule has 0 aliphatic carbocycles. The first-order valence-electron chi connectivity index (χ1n) is 6.99. The van der Waals surface area contributed by atoms with Crippen molar-refractivity contribution in [1.29, 1.82) is 0 Å². The Bertz CT molecular complexity index is 359. The van der Waals surface area contributed by atoms with Gasteiger partial charge in [-0.2, -0.15) is 0 Å². The molecule has 114 valence electrons. The molecule has 0 fully saturated rings. The molecule has 1 aromatic rings. The zero-order valence-electron chi connectivity index (χ0n) is 12.9. The van der Waals surface area contributed by atoms with Crippen LogP contribution in [0.25, 0.3) is 0 Å². The van der Waals surface area contributed by atoms with Gasteiger partial charge in [0.1, 0.15) is 0 Å². The SMILES string of the molecule is CCN(c1ncc(CNCCOC)cn1)C(C)COC. The topological polar surface area (TPSA) is 59.5 Å².